The van der Waals surface area contributed by atoms with Gasteiger partial charge in [0, 0.05) is 18.2 Å². The number of hydrogen-bond donors (Lipinski definition) is 0. The molecule has 1 aliphatic heterocycles. The van der Waals surface area contributed by atoms with Crippen molar-refractivity contribution in [3.05, 3.63) is 65.2 Å². The van der Waals surface area contributed by atoms with Crippen molar-refractivity contribution < 1.29 is 19.1 Å². The third-order valence-electron chi connectivity index (χ3n) is 4.04. The Hall–Kier alpha value is -3.08. The summed E-state index contributed by atoms with van der Waals surface area (Å²) in [6.45, 7) is 0. The second-order valence-corrected chi connectivity index (χ2v) is 5.36. The van der Waals surface area contributed by atoms with E-state index in [2.05, 4.69) is 0 Å². The highest BCUT2D eigenvalue weighted by Crippen LogP contribution is 2.40. The number of anilines is 1. The van der Waals surface area contributed by atoms with Crippen LogP contribution in [-0.2, 0) is 14.3 Å². The average molecular weight is 323 g/mol. The number of nitrogens with zero attached hydrogens (tertiary/aromatic N) is 1. The Kier molecular flexibility index (Phi) is 4.08. The number of methoxy groups -OCH3 is 2. The summed E-state index contributed by atoms with van der Waals surface area (Å²) < 4.78 is 10.3. The molecule has 0 N–H and O–H groups in total. The fraction of sp³-hybridized carbons (Fsp3) is 0.158. The number of fused-ring (bicyclic) bond motifs is 1. The smallest absolute Gasteiger partial charge is 0.337 e. The molecule has 0 fully saturated rings. The van der Waals surface area contributed by atoms with Crippen LogP contribution in [0.15, 0.2) is 48.5 Å². The van der Waals surface area contributed by atoms with Crippen LogP contribution in [-0.4, -0.2) is 33.1 Å². The minimum Gasteiger partial charge on any atom is -0.495 e. The maximum atomic E-state index is 12.8. The Bertz CT molecular complexity index is 840. The van der Waals surface area contributed by atoms with Gasteiger partial charge in [0.15, 0.2) is 0 Å². The van der Waals surface area contributed by atoms with Gasteiger partial charge in [-0.1, -0.05) is 36.4 Å². The van der Waals surface area contributed by atoms with E-state index in [1.54, 1.807) is 32.4 Å². The van der Waals surface area contributed by atoms with Crippen LogP contribution < -0.4 is 4.90 Å². The summed E-state index contributed by atoms with van der Waals surface area (Å²) in [5.74, 6) is -0.101. The quantitative estimate of drug-likeness (QED) is 0.495. The fourth-order valence-electron chi connectivity index (χ4n) is 2.83. The molecule has 24 heavy (non-hydrogen) atoms. The summed E-state index contributed by atoms with van der Waals surface area (Å²) in [6.07, 6.45) is 0. The van der Waals surface area contributed by atoms with E-state index < -0.39 is 5.97 Å². The maximum absolute atomic E-state index is 12.8. The second kappa shape index (κ2) is 6.20. The molecule has 0 saturated carbocycles. The van der Waals surface area contributed by atoms with E-state index >= 15 is 0 Å². The zero-order valence-electron chi connectivity index (χ0n) is 13.7. The highest BCUT2D eigenvalue weighted by molar-refractivity contribution is 6.37. The van der Waals surface area contributed by atoms with Crippen molar-refractivity contribution >= 4 is 28.9 Å². The zero-order chi connectivity index (χ0) is 17.3. The second-order valence-electron chi connectivity index (χ2n) is 5.36. The Morgan fingerprint density at radius 2 is 1.67 bits per heavy atom. The molecule has 5 nitrogen and oxygen atoms in total. The molecule has 1 aliphatic rings. The molecule has 122 valence electrons. The van der Waals surface area contributed by atoms with Crippen LogP contribution in [0, 0.1) is 0 Å². The summed E-state index contributed by atoms with van der Waals surface area (Å²) in [5, 5.41) is 0. The van der Waals surface area contributed by atoms with E-state index in [-0.39, 0.29) is 5.91 Å². The minimum absolute atomic E-state index is 0.173. The van der Waals surface area contributed by atoms with Gasteiger partial charge in [-0.05, 0) is 12.1 Å². The van der Waals surface area contributed by atoms with Gasteiger partial charge in [-0.2, -0.15) is 0 Å². The maximum Gasteiger partial charge on any atom is 0.337 e. The van der Waals surface area contributed by atoms with E-state index in [0.717, 1.165) is 11.1 Å². The van der Waals surface area contributed by atoms with Gasteiger partial charge in [0.05, 0.1) is 31.0 Å². The minimum atomic E-state index is -0.439. The standard InChI is InChI=1S/C19H17NO4/c1-20-15-11-13(19(22)24-3)9-10-14(15)16(18(20)21)17(23-2)12-7-5-4-6-8-12/h4-11H,1-3H3/b17-16+. The van der Waals surface area contributed by atoms with Crippen molar-refractivity contribution in [2.24, 2.45) is 0 Å². The number of rotatable bonds is 3. The van der Waals surface area contributed by atoms with Crippen LogP contribution in [0.5, 0.6) is 0 Å². The molecule has 0 aliphatic carbocycles. The van der Waals surface area contributed by atoms with Crippen LogP contribution in [0.25, 0.3) is 11.3 Å². The highest BCUT2D eigenvalue weighted by atomic mass is 16.5. The molecule has 5 heteroatoms. The average Bonchev–Trinajstić information content (AvgIpc) is 2.87. The number of benzene rings is 2. The third-order valence-corrected chi connectivity index (χ3v) is 4.04. The van der Waals surface area contributed by atoms with Crippen molar-refractivity contribution in [2.45, 2.75) is 0 Å². The molecule has 0 bridgehead atoms. The lowest BCUT2D eigenvalue weighted by Gasteiger charge is -2.11. The van der Waals surface area contributed by atoms with E-state index in [1.165, 1.54) is 12.0 Å². The molecule has 3 rings (SSSR count). The fourth-order valence-corrected chi connectivity index (χ4v) is 2.83. The molecular weight excluding hydrogens is 306 g/mol. The number of ether oxygens (including phenoxy) is 2. The molecular formula is C19H17NO4. The molecule has 2 aromatic carbocycles. The molecule has 0 radical (unpaired) electrons. The van der Waals surface area contributed by atoms with E-state index in [1.807, 2.05) is 30.3 Å². The molecule has 0 aromatic heterocycles. The van der Waals surface area contributed by atoms with E-state index in [9.17, 15) is 9.59 Å². The van der Waals surface area contributed by atoms with Gasteiger partial charge < -0.3 is 14.4 Å². The molecule has 0 atom stereocenters. The SMILES string of the molecule is COC(=O)c1ccc2c(c1)N(C)C(=O)/C2=C(/OC)c1ccccc1. The molecule has 0 spiro atoms. The number of likely N-dealkylation sites (N-methyl/N-ethyl adjacent to an activating group) is 1. The summed E-state index contributed by atoms with van der Waals surface area (Å²) in [7, 11) is 4.55. The van der Waals surface area contributed by atoms with Gasteiger partial charge in [0.25, 0.3) is 5.91 Å². The Balaban J connectivity index is 2.21. The first kappa shape index (κ1) is 15.8. The Labute approximate surface area is 140 Å². The van der Waals surface area contributed by atoms with Crippen LogP contribution >= 0.6 is 0 Å². The van der Waals surface area contributed by atoms with Gasteiger partial charge in [0.2, 0.25) is 0 Å². The number of carbonyl (C=O) groups excluding carboxylic acids is 2. The summed E-state index contributed by atoms with van der Waals surface area (Å²) >= 11 is 0. The summed E-state index contributed by atoms with van der Waals surface area (Å²) in [4.78, 5) is 26.0. The van der Waals surface area contributed by atoms with Crippen LogP contribution in [0.2, 0.25) is 0 Å². The van der Waals surface area contributed by atoms with Crippen molar-refractivity contribution in [2.75, 3.05) is 26.2 Å². The number of hydrogen-bond acceptors (Lipinski definition) is 4. The van der Waals surface area contributed by atoms with E-state index in [0.29, 0.717) is 22.6 Å². The predicted octanol–water partition coefficient (Wildman–Crippen LogP) is 2.96. The lowest BCUT2D eigenvalue weighted by Crippen LogP contribution is -2.21. The normalized spacial score (nSPS) is 15.1. The molecule has 0 saturated heterocycles. The lowest BCUT2D eigenvalue weighted by molar-refractivity contribution is -0.112. The lowest BCUT2D eigenvalue weighted by atomic mass is 10.0. The third kappa shape index (κ3) is 2.44. The van der Waals surface area contributed by atoms with E-state index in [4.69, 9.17) is 9.47 Å². The summed E-state index contributed by atoms with van der Waals surface area (Å²) in [6, 6.07) is 14.5. The zero-order valence-corrected chi connectivity index (χ0v) is 13.7. The predicted molar refractivity (Wildman–Crippen MR) is 91.5 cm³/mol. The molecule has 1 amide bonds. The highest BCUT2D eigenvalue weighted by Gasteiger charge is 2.34. The van der Waals surface area contributed by atoms with Crippen molar-refractivity contribution in [1.82, 2.24) is 0 Å². The Morgan fingerprint density at radius 1 is 0.958 bits per heavy atom. The monoisotopic (exact) mass is 323 g/mol. The van der Waals surface area contributed by atoms with Crippen LogP contribution in [0.3, 0.4) is 0 Å². The number of esters is 1. The van der Waals surface area contributed by atoms with Gasteiger partial charge in [-0.15, -0.1) is 0 Å². The van der Waals surface area contributed by atoms with Crippen LogP contribution in [0.1, 0.15) is 21.5 Å². The molecule has 2 aromatic rings. The van der Waals surface area contributed by atoms with Gasteiger partial charge in [-0.25, -0.2) is 4.79 Å². The van der Waals surface area contributed by atoms with Gasteiger partial charge in [0.1, 0.15) is 5.76 Å². The number of amides is 1. The van der Waals surface area contributed by atoms with Crippen molar-refractivity contribution in [3.63, 3.8) is 0 Å². The number of carbonyl (C=O) groups is 2. The van der Waals surface area contributed by atoms with Gasteiger partial charge >= 0.3 is 5.97 Å². The molecule has 0 unspecified atom stereocenters. The summed E-state index contributed by atoms with van der Waals surface area (Å²) in [5.41, 5.74) is 3.09. The van der Waals surface area contributed by atoms with Crippen LogP contribution in [0.4, 0.5) is 5.69 Å². The first-order chi connectivity index (χ1) is 11.6. The largest absolute Gasteiger partial charge is 0.495 e. The van der Waals surface area contributed by atoms with Gasteiger partial charge in [-0.3, -0.25) is 4.79 Å². The first-order valence-electron chi connectivity index (χ1n) is 7.43. The molecule has 1 heterocycles. The first-order valence-corrected chi connectivity index (χ1v) is 7.43. The topological polar surface area (TPSA) is 55.8 Å². The van der Waals surface area contributed by atoms with Crippen molar-refractivity contribution in [3.8, 4) is 0 Å². The Morgan fingerprint density at radius 3 is 2.29 bits per heavy atom. The van der Waals surface area contributed by atoms with Crippen molar-refractivity contribution in [1.29, 1.82) is 0 Å².